The molecule has 32 heavy (non-hydrogen) atoms. The number of carbonyl (C=O) groups excluding carboxylic acids is 1. The minimum absolute atomic E-state index is 0.117. The highest BCUT2D eigenvalue weighted by Gasteiger charge is 2.32. The first-order chi connectivity index (χ1) is 15.5. The second-order valence-corrected chi connectivity index (χ2v) is 8.64. The molecular weight excluding hydrogens is 409 g/mol. The molecule has 5 rings (SSSR count). The van der Waals surface area contributed by atoms with Crippen molar-refractivity contribution < 1.29 is 9.18 Å². The van der Waals surface area contributed by atoms with Crippen LogP contribution >= 0.6 is 0 Å². The van der Waals surface area contributed by atoms with Crippen LogP contribution in [0.1, 0.15) is 53.5 Å². The monoisotopic (exact) mass is 435 g/mol. The molecule has 5 heterocycles. The third kappa shape index (κ3) is 3.72. The van der Waals surface area contributed by atoms with Crippen LogP contribution in [0, 0.1) is 24.2 Å². The second kappa shape index (κ2) is 8.29. The van der Waals surface area contributed by atoms with Gasteiger partial charge in [-0.15, -0.1) is 0 Å². The van der Waals surface area contributed by atoms with Crippen LogP contribution in [0.2, 0.25) is 0 Å². The number of fused-ring (bicyclic) bond motifs is 1. The molecule has 0 bridgehead atoms. The Morgan fingerprint density at radius 2 is 2.09 bits per heavy atom. The van der Waals surface area contributed by atoms with Crippen molar-refractivity contribution in [2.24, 2.45) is 5.92 Å². The van der Waals surface area contributed by atoms with Gasteiger partial charge in [-0.2, -0.15) is 9.49 Å². The number of likely N-dealkylation sites (tertiary alicyclic amines) is 1. The number of hydrogen-bond acceptors (Lipinski definition) is 6. The maximum atomic E-state index is 13.6. The Kier molecular flexibility index (Phi) is 5.32. The Labute approximate surface area is 185 Å². The van der Waals surface area contributed by atoms with Gasteiger partial charge < -0.3 is 15.2 Å². The summed E-state index contributed by atoms with van der Waals surface area (Å²) < 4.78 is 15.4. The summed E-state index contributed by atoms with van der Waals surface area (Å²) in [4.78, 5) is 25.7. The summed E-state index contributed by atoms with van der Waals surface area (Å²) in [6, 6.07) is 6.05. The summed E-state index contributed by atoms with van der Waals surface area (Å²) >= 11 is 0. The molecule has 8 nitrogen and oxygen atoms in total. The van der Waals surface area contributed by atoms with Crippen LogP contribution in [-0.4, -0.2) is 56.2 Å². The first-order valence-corrected chi connectivity index (χ1v) is 11.1. The van der Waals surface area contributed by atoms with Crippen molar-refractivity contribution in [1.82, 2.24) is 24.5 Å². The molecule has 0 aliphatic carbocycles. The maximum Gasteiger partial charge on any atom is 0.273 e. The molecule has 0 saturated carbocycles. The number of nitrogens with zero attached hydrogens (tertiary/aromatic N) is 6. The van der Waals surface area contributed by atoms with E-state index >= 15 is 0 Å². The molecule has 0 radical (unpaired) electrons. The number of pyridine rings is 1. The average Bonchev–Trinajstić information content (AvgIpc) is 3.44. The Morgan fingerprint density at radius 1 is 1.22 bits per heavy atom. The van der Waals surface area contributed by atoms with Crippen molar-refractivity contribution in [3.05, 3.63) is 53.4 Å². The van der Waals surface area contributed by atoms with Gasteiger partial charge >= 0.3 is 0 Å². The third-order valence-corrected chi connectivity index (χ3v) is 6.42. The second-order valence-electron chi connectivity index (χ2n) is 8.64. The number of amides is 1. The van der Waals surface area contributed by atoms with Gasteiger partial charge in [-0.1, -0.05) is 6.07 Å². The predicted octanol–water partition coefficient (Wildman–Crippen LogP) is 3.42. The van der Waals surface area contributed by atoms with Gasteiger partial charge in [0, 0.05) is 49.6 Å². The van der Waals surface area contributed by atoms with E-state index in [1.807, 2.05) is 19.2 Å². The summed E-state index contributed by atoms with van der Waals surface area (Å²) in [5.74, 6) is 0.266. The number of rotatable bonds is 4. The first kappa shape index (κ1) is 20.5. The fourth-order valence-corrected chi connectivity index (χ4v) is 4.77. The Balaban J connectivity index is 1.46. The lowest BCUT2D eigenvalue weighted by Crippen LogP contribution is -2.39. The summed E-state index contributed by atoms with van der Waals surface area (Å²) in [6.45, 7) is 4.30. The number of anilines is 1. The lowest BCUT2D eigenvalue weighted by molar-refractivity contribution is 0.0598. The molecule has 0 aromatic carbocycles. The van der Waals surface area contributed by atoms with E-state index in [9.17, 15) is 9.18 Å². The van der Waals surface area contributed by atoms with Gasteiger partial charge in [0.25, 0.3) is 5.91 Å². The number of halogens is 1. The van der Waals surface area contributed by atoms with E-state index in [0.29, 0.717) is 6.54 Å². The molecule has 0 spiro atoms. The third-order valence-electron chi connectivity index (χ3n) is 6.42. The van der Waals surface area contributed by atoms with Gasteiger partial charge in [-0.3, -0.25) is 4.79 Å². The molecule has 2 aliphatic rings. The molecule has 1 unspecified atom stereocenters. The van der Waals surface area contributed by atoms with E-state index in [0.717, 1.165) is 61.5 Å². The number of carbonyl (C=O) groups is 1. The van der Waals surface area contributed by atoms with E-state index in [2.05, 4.69) is 9.88 Å². The van der Waals surface area contributed by atoms with Crippen molar-refractivity contribution in [1.29, 1.82) is 5.41 Å². The van der Waals surface area contributed by atoms with Gasteiger partial charge in [-0.25, -0.2) is 14.5 Å². The molecule has 3 aromatic rings. The van der Waals surface area contributed by atoms with E-state index in [1.54, 1.807) is 15.5 Å². The standard InChI is InChI=1S/C23H26FN7O/c1-15-13-31-21(27-22(15)29-10-8-16(12-25)14-29)11-18(28-31)19-6-2-3-9-30(19)23(32)17-5-4-7-20(24)26-17/h4-5,7,11-13,16,19,25H,2-3,6,8-10,14H2,1H3/t16?,19-/m0/s1. The highest BCUT2D eigenvalue weighted by Crippen LogP contribution is 2.32. The molecule has 2 fully saturated rings. The molecule has 1 N–H and O–H groups in total. The fourth-order valence-electron chi connectivity index (χ4n) is 4.77. The molecule has 2 atom stereocenters. The van der Waals surface area contributed by atoms with Gasteiger partial charge in [0.05, 0.1) is 11.7 Å². The molecule has 2 aliphatic heterocycles. The zero-order chi connectivity index (χ0) is 22.2. The summed E-state index contributed by atoms with van der Waals surface area (Å²) in [7, 11) is 0. The Bertz CT molecular complexity index is 1180. The molecule has 166 valence electrons. The molecule has 9 heteroatoms. The van der Waals surface area contributed by atoms with Crippen LogP contribution in [0.25, 0.3) is 5.65 Å². The van der Waals surface area contributed by atoms with Crippen LogP contribution < -0.4 is 4.90 Å². The number of nitrogens with one attached hydrogen (secondary N) is 1. The van der Waals surface area contributed by atoms with Crippen LogP contribution in [0.15, 0.2) is 30.5 Å². The highest BCUT2D eigenvalue weighted by atomic mass is 19.1. The topological polar surface area (TPSA) is 90.5 Å². The quantitative estimate of drug-likeness (QED) is 0.501. The lowest BCUT2D eigenvalue weighted by atomic mass is 9.99. The van der Waals surface area contributed by atoms with Crippen LogP contribution in [-0.2, 0) is 0 Å². The van der Waals surface area contributed by atoms with Crippen LogP contribution in [0.5, 0.6) is 0 Å². The number of aryl methyl sites for hydroxylation is 1. The molecule has 2 saturated heterocycles. The normalized spacial score (nSPS) is 21.3. The van der Waals surface area contributed by atoms with Crippen molar-refractivity contribution in [3.63, 3.8) is 0 Å². The smallest absolute Gasteiger partial charge is 0.273 e. The van der Waals surface area contributed by atoms with Gasteiger partial charge in [-0.05, 0) is 44.7 Å². The minimum atomic E-state index is -0.656. The van der Waals surface area contributed by atoms with Gasteiger partial charge in [0.15, 0.2) is 5.65 Å². The minimum Gasteiger partial charge on any atom is -0.356 e. The Morgan fingerprint density at radius 3 is 2.88 bits per heavy atom. The van der Waals surface area contributed by atoms with Crippen molar-refractivity contribution in [2.75, 3.05) is 24.5 Å². The SMILES string of the molecule is Cc1cn2nc([C@@H]3CCCCN3C(=O)c3cccc(F)n3)cc2nc1N1CCC(C=N)C1. The summed E-state index contributed by atoms with van der Waals surface area (Å²) in [5.41, 5.74) is 2.67. The molecule has 3 aromatic heterocycles. The van der Waals surface area contributed by atoms with E-state index in [4.69, 9.17) is 15.5 Å². The summed E-state index contributed by atoms with van der Waals surface area (Å²) in [5, 5.41) is 12.3. The first-order valence-electron chi connectivity index (χ1n) is 11.1. The highest BCUT2D eigenvalue weighted by molar-refractivity contribution is 5.92. The van der Waals surface area contributed by atoms with Gasteiger partial charge in [0.1, 0.15) is 11.5 Å². The van der Waals surface area contributed by atoms with Crippen LogP contribution in [0.4, 0.5) is 10.2 Å². The van der Waals surface area contributed by atoms with Crippen molar-refractivity contribution in [2.45, 2.75) is 38.6 Å². The van der Waals surface area contributed by atoms with Crippen molar-refractivity contribution in [3.8, 4) is 0 Å². The van der Waals surface area contributed by atoms with Crippen LogP contribution in [0.3, 0.4) is 0 Å². The number of aromatic nitrogens is 4. The van der Waals surface area contributed by atoms with E-state index in [-0.39, 0.29) is 23.6 Å². The number of piperidine rings is 1. The zero-order valence-corrected chi connectivity index (χ0v) is 18.0. The fraction of sp³-hybridized carbons (Fsp3) is 0.435. The molecule has 1 amide bonds. The van der Waals surface area contributed by atoms with Gasteiger partial charge in [0.2, 0.25) is 5.95 Å². The zero-order valence-electron chi connectivity index (χ0n) is 18.0. The largest absolute Gasteiger partial charge is 0.356 e. The van der Waals surface area contributed by atoms with E-state index in [1.165, 1.54) is 18.3 Å². The van der Waals surface area contributed by atoms with Crippen molar-refractivity contribution >= 4 is 23.6 Å². The summed E-state index contributed by atoms with van der Waals surface area (Å²) in [6.07, 6.45) is 7.15. The maximum absolute atomic E-state index is 13.6. The Hall–Kier alpha value is -3.36. The predicted molar refractivity (Wildman–Crippen MR) is 119 cm³/mol. The molecular formula is C23H26FN7O. The lowest BCUT2D eigenvalue weighted by Gasteiger charge is -2.34. The average molecular weight is 436 g/mol. The number of hydrogen-bond donors (Lipinski definition) is 1. The van der Waals surface area contributed by atoms with E-state index < -0.39 is 5.95 Å².